The van der Waals surface area contributed by atoms with Gasteiger partial charge < -0.3 is 5.32 Å². The highest BCUT2D eigenvalue weighted by molar-refractivity contribution is 5.86. The van der Waals surface area contributed by atoms with Crippen molar-refractivity contribution in [2.75, 3.05) is 18.4 Å². The van der Waals surface area contributed by atoms with E-state index in [-0.39, 0.29) is 0 Å². The summed E-state index contributed by atoms with van der Waals surface area (Å²) in [4.78, 5) is 11.0. The fraction of sp³-hybridized carbons (Fsp3) is 0.227. The van der Waals surface area contributed by atoms with Crippen LogP contribution in [0, 0.1) is 0 Å². The van der Waals surface area contributed by atoms with E-state index in [0.29, 0.717) is 6.54 Å². The number of pyridine rings is 2. The summed E-state index contributed by atoms with van der Waals surface area (Å²) in [6.07, 6.45) is 8.79. The standard InChI is InChI=1S/C22H22N6/c1-8-28(9-1)15-16-10-18(13-24-12-16)17-2-3-21-20(11-17)22(27-26-21)14-25-19-4-6-23-7-5-19/h2-7,10-13H,1,8-9,14-15H2,(H,23,25)(H,26,27). The second-order valence-electron chi connectivity index (χ2n) is 7.24. The largest absolute Gasteiger partial charge is 0.379 e. The van der Waals surface area contributed by atoms with E-state index in [9.17, 15) is 0 Å². The molecule has 140 valence electrons. The molecule has 6 nitrogen and oxygen atoms in total. The fourth-order valence-corrected chi connectivity index (χ4v) is 3.57. The predicted octanol–water partition coefficient (Wildman–Crippen LogP) is 3.84. The summed E-state index contributed by atoms with van der Waals surface area (Å²) in [5, 5.41) is 12.2. The van der Waals surface area contributed by atoms with Gasteiger partial charge in [-0.3, -0.25) is 20.0 Å². The molecule has 1 saturated heterocycles. The first kappa shape index (κ1) is 16.9. The predicted molar refractivity (Wildman–Crippen MR) is 111 cm³/mol. The van der Waals surface area contributed by atoms with Gasteiger partial charge in [-0.1, -0.05) is 6.07 Å². The number of hydrogen-bond acceptors (Lipinski definition) is 5. The number of nitrogens with zero attached hydrogens (tertiary/aromatic N) is 4. The number of hydrogen-bond donors (Lipinski definition) is 2. The quantitative estimate of drug-likeness (QED) is 0.540. The highest BCUT2D eigenvalue weighted by Gasteiger charge is 2.14. The van der Waals surface area contributed by atoms with Gasteiger partial charge in [0.1, 0.15) is 0 Å². The zero-order valence-corrected chi connectivity index (χ0v) is 15.6. The van der Waals surface area contributed by atoms with Crippen LogP contribution in [0.5, 0.6) is 0 Å². The molecule has 1 aromatic carbocycles. The Morgan fingerprint density at radius 1 is 0.964 bits per heavy atom. The van der Waals surface area contributed by atoms with Gasteiger partial charge in [-0.05, 0) is 61.0 Å². The lowest BCUT2D eigenvalue weighted by Crippen LogP contribution is -2.36. The van der Waals surface area contributed by atoms with Crippen LogP contribution in [0.25, 0.3) is 22.0 Å². The Labute approximate surface area is 163 Å². The Morgan fingerprint density at radius 3 is 2.68 bits per heavy atom. The van der Waals surface area contributed by atoms with Gasteiger partial charge in [-0.25, -0.2) is 0 Å². The van der Waals surface area contributed by atoms with Gasteiger partial charge in [0.15, 0.2) is 0 Å². The normalized spacial score (nSPS) is 14.1. The van der Waals surface area contributed by atoms with E-state index >= 15 is 0 Å². The van der Waals surface area contributed by atoms with Gasteiger partial charge in [-0.15, -0.1) is 0 Å². The van der Waals surface area contributed by atoms with E-state index < -0.39 is 0 Å². The van der Waals surface area contributed by atoms with Crippen molar-refractivity contribution in [3.05, 3.63) is 72.4 Å². The van der Waals surface area contributed by atoms with Crippen molar-refractivity contribution in [1.29, 1.82) is 0 Å². The van der Waals surface area contributed by atoms with Crippen LogP contribution in [0.2, 0.25) is 0 Å². The van der Waals surface area contributed by atoms with E-state index in [1.807, 2.05) is 24.5 Å². The molecule has 1 fully saturated rings. The molecular weight excluding hydrogens is 348 g/mol. The first-order valence-corrected chi connectivity index (χ1v) is 9.63. The molecule has 0 unspecified atom stereocenters. The lowest BCUT2D eigenvalue weighted by Gasteiger charge is -2.30. The maximum atomic E-state index is 4.47. The van der Waals surface area contributed by atoms with Gasteiger partial charge in [0, 0.05) is 48.0 Å². The molecule has 5 rings (SSSR count). The average molecular weight is 370 g/mol. The topological polar surface area (TPSA) is 69.7 Å². The van der Waals surface area contributed by atoms with Crippen molar-refractivity contribution in [3.63, 3.8) is 0 Å². The fourth-order valence-electron chi connectivity index (χ4n) is 3.57. The van der Waals surface area contributed by atoms with Crippen molar-refractivity contribution >= 4 is 16.6 Å². The summed E-state index contributed by atoms with van der Waals surface area (Å²) < 4.78 is 0. The Kier molecular flexibility index (Phi) is 4.47. The Morgan fingerprint density at radius 2 is 1.86 bits per heavy atom. The van der Waals surface area contributed by atoms with Crippen molar-refractivity contribution in [1.82, 2.24) is 25.1 Å². The number of rotatable bonds is 6. The van der Waals surface area contributed by atoms with E-state index in [1.54, 1.807) is 12.4 Å². The molecule has 6 heteroatoms. The second kappa shape index (κ2) is 7.40. The van der Waals surface area contributed by atoms with Gasteiger partial charge in [0.05, 0.1) is 17.8 Å². The monoisotopic (exact) mass is 370 g/mol. The average Bonchev–Trinajstić information content (AvgIpc) is 3.12. The lowest BCUT2D eigenvalue weighted by molar-refractivity contribution is 0.172. The van der Waals surface area contributed by atoms with Crippen molar-refractivity contribution in [3.8, 4) is 11.1 Å². The first-order chi connectivity index (χ1) is 13.8. The molecular formula is C22H22N6. The lowest BCUT2D eigenvalue weighted by atomic mass is 10.0. The maximum Gasteiger partial charge on any atom is 0.0924 e. The van der Waals surface area contributed by atoms with Gasteiger partial charge >= 0.3 is 0 Å². The smallest absolute Gasteiger partial charge is 0.0924 e. The summed E-state index contributed by atoms with van der Waals surface area (Å²) in [5.74, 6) is 0. The third kappa shape index (κ3) is 3.46. The summed E-state index contributed by atoms with van der Waals surface area (Å²) >= 11 is 0. The van der Waals surface area contributed by atoms with E-state index in [1.165, 1.54) is 25.1 Å². The Balaban J connectivity index is 1.40. The molecule has 28 heavy (non-hydrogen) atoms. The van der Waals surface area contributed by atoms with Crippen LogP contribution in [-0.2, 0) is 13.1 Å². The number of aromatic amines is 1. The van der Waals surface area contributed by atoms with Crippen molar-refractivity contribution in [2.45, 2.75) is 19.5 Å². The molecule has 4 heterocycles. The first-order valence-electron chi connectivity index (χ1n) is 9.63. The zero-order chi connectivity index (χ0) is 18.8. The highest BCUT2D eigenvalue weighted by atomic mass is 15.2. The molecule has 0 spiro atoms. The molecule has 3 aromatic heterocycles. The van der Waals surface area contributed by atoms with Crippen LogP contribution in [-0.4, -0.2) is 38.2 Å². The number of fused-ring (bicyclic) bond motifs is 1. The number of benzene rings is 1. The van der Waals surface area contributed by atoms with Crippen LogP contribution in [0.1, 0.15) is 17.7 Å². The third-order valence-corrected chi connectivity index (χ3v) is 5.27. The van der Waals surface area contributed by atoms with Gasteiger partial charge in [-0.2, -0.15) is 5.10 Å². The maximum absolute atomic E-state index is 4.47. The number of aromatic nitrogens is 4. The minimum absolute atomic E-state index is 0.678. The third-order valence-electron chi connectivity index (χ3n) is 5.27. The molecule has 4 aromatic rings. The molecule has 1 aliphatic rings. The summed E-state index contributed by atoms with van der Waals surface area (Å²) in [5.41, 5.74) is 6.66. The Bertz CT molecular complexity index is 1080. The summed E-state index contributed by atoms with van der Waals surface area (Å²) in [6.45, 7) is 4.05. The Hall–Kier alpha value is -3.25. The number of anilines is 1. The molecule has 0 radical (unpaired) electrons. The van der Waals surface area contributed by atoms with Crippen LogP contribution < -0.4 is 5.32 Å². The molecule has 0 atom stereocenters. The minimum Gasteiger partial charge on any atom is -0.379 e. The van der Waals surface area contributed by atoms with Crippen LogP contribution in [0.4, 0.5) is 5.69 Å². The molecule has 0 saturated carbocycles. The van der Waals surface area contributed by atoms with Crippen LogP contribution >= 0.6 is 0 Å². The number of H-pyrrole nitrogens is 1. The summed E-state index contributed by atoms with van der Waals surface area (Å²) in [7, 11) is 0. The van der Waals surface area contributed by atoms with Gasteiger partial charge in [0.25, 0.3) is 0 Å². The van der Waals surface area contributed by atoms with Crippen molar-refractivity contribution < 1.29 is 0 Å². The summed E-state index contributed by atoms with van der Waals surface area (Å²) in [6, 6.07) is 12.6. The van der Waals surface area contributed by atoms with E-state index in [2.05, 4.69) is 54.6 Å². The molecule has 0 aliphatic carbocycles. The SMILES string of the molecule is c1cc(NCc2[nH]nc3ccc(-c4cncc(CN5CCC5)c4)cc23)ccn1. The molecule has 0 amide bonds. The minimum atomic E-state index is 0.678. The molecule has 1 aliphatic heterocycles. The number of likely N-dealkylation sites (tertiary alicyclic amines) is 1. The van der Waals surface area contributed by atoms with Gasteiger partial charge in [0.2, 0.25) is 0 Å². The van der Waals surface area contributed by atoms with Crippen molar-refractivity contribution in [2.24, 2.45) is 0 Å². The molecule has 0 bridgehead atoms. The van der Waals surface area contributed by atoms with Crippen LogP contribution in [0.3, 0.4) is 0 Å². The van der Waals surface area contributed by atoms with E-state index in [0.717, 1.165) is 40.0 Å². The van der Waals surface area contributed by atoms with E-state index in [4.69, 9.17) is 0 Å². The highest BCUT2D eigenvalue weighted by Crippen LogP contribution is 2.26. The number of nitrogens with one attached hydrogen (secondary N) is 2. The molecule has 2 N–H and O–H groups in total. The van der Waals surface area contributed by atoms with Crippen LogP contribution in [0.15, 0.2) is 61.2 Å². The zero-order valence-electron chi connectivity index (χ0n) is 15.6. The second-order valence-corrected chi connectivity index (χ2v) is 7.24.